The highest BCUT2D eigenvalue weighted by Crippen LogP contribution is 2.65. The Balaban J connectivity index is 1.83. The normalized spacial score (nSPS) is 47.0. The van der Waals surface area contributed by atoms with E-state index in [4.69, 9.17) is 11.6 Å². The Morgan fingerprint density at radius 1 is 1.33 bits per heavy atom. The maximum Gasteiger partial charge on any atom is 0.115 e. The summed E-state index contributed by atoms with van der Waals surface area (Å²) in [5.74, 6) is 1.24. The summed E-state index contributed by atoms with van der Waals surface area (Å²) >= 11 is 6.31. The van der Waals surface area contributed by atoms with Gasteiger partial charge in [-0.05, 0) is 73.6 Å². The molecule has 2 saturated carbocycles. The highest BCUT2D eigenvalue weighted by atomic mass is 35.5. The average molecular weight is 353 g/mol. The Bertz CT molecular complexity index is 661. The lowest BCUT2D eigenvalue weighted by atomic mass is 9.50. The monoisotopic (exact) mass is 352 g/mol. The molecule has 3 aliphatic carbocycles. The largest absolute Gasteiger partial charge is 0.508 e. The van der Waals surface area contributed by atoms with Gasteiger partial charge < -0.3 is 10.2 Å². The first-order valence-corrected chi connectivity index (χ1v) is 9.56. The van der Waals surface area contributed by atoms with E-state index in [0.29, 0.717) is 18.2 Å². The number of hydrogen-bond donors (Lipinski definition) is 2. The molecule has 1 aromatic rings. The zero-order valence-corrected chi connectivity index (χ0v) is 15.1. The molecule has 24 heavy (non-hydrogen) atoms. The quantitative estimate of drug-likeness (QED) is 0.735. The van der Waals surface area contributed by atoms with Crippen molar-refractivity contribution in [1.29, 1.82) is 0 Å². The molecule has 2 N–H and O–H groups in total. The first-order valence-electron chi connectivity index (χ1n) is 9.03. The maximum absolute atomic E-state index is 15.4. The third kappa shape index (κ3) is 2.10. The number of benzene rings is 1. The van der Waals surface area contributed by atoms with Crippen molar-refractivity contribution in [1.82, 2.24) is 0 Å². The van der Waals surface area contributed by atoms with Gasteiger partial charge in [-0.3, -0.25) is 0 Å². The number of phenols is 1. The van der Waals surface area contributed by atoms with Gasteiger partial charge in [-0.15, -0.1) is 11.6 Å². The highest BCUT2D eigenvalue weighted by molar-refractivity contribution is 6.18. The third-order valence-electron chi connectivity index (χ3n) is 7.59. The van der Waals surface area contributed by atoms with E-state index in [-0.39, 0.29) is 28.9 Å². The molecule has 132 valence electrons. The molecule has 4 unspecified atom stereocenters. The van der Waals surface area contributed by atoms with Crippen molar-refractivity contribution in [2.24, 2.45) is 23.2 Å². The molecule has 0 aliphatic heterocycles. The molecule has 4 rings (SSSR count). The lowest BCUT2D eigenvalue weighted by Crippen LogP contribution is -2.55. The van der Waals surface area contributed by atoms with Crippen LogP contribution in [0, 0.1) is 23.2 Å². The van der Waals surface area contributed by atoms with Crippen LogP contribution in [0.5, 0.6) is 5.75 Å². The lowest BCUT2D eigenvalue weighted by Gasteiger charge is -2.55. The fourth-order valence-electron chi connectivity index (χ4n) is 6.15. The van der Waals surface area contributed by atoms with Crippen LogP contribution in [-0.4, -0.2) is 27.9 Å². The van der Waals surface area contributed by atoms with Gasteiger partial charge in [0.15, 0.2) is 0 Å². The Labute approximate surface area is 148 Å². The number of hydrogen-bond acceptors (Lipinski definition) is 2. The van der Waals surface area contributed by atoms with E-state index >= 15 is 4.39 Å². The van der Waals surface area contributed by atoms with E-state index in [0.717, 1.165) is 30.4 Å². The van der Waals surface area contributed by atoms with Crippen molar-refractivity contribution in [3.05, 3.63) is 29.3 Å². The summed E-state index contributed by atoms with van der Waals surface area (Å²) in [6, 6.07) is 5.34. The van der Waals surface area contributed by atoms with Crippen LogP contribution < -0.4 is 0 Å². The summed E-state index contributed by atoms with van der Waals surface area (Å²) in [5.41, 5.74) is 0.893. The second-order valence-corrected chi connectivity index (χ2v) is 8.97. The molecular weight excluding hydrogens is 327 g/mol. The molecule has 0 spiro atoms. The van der Waals surface area contributed by atoms with E-state index in [9.17, 15) is 10.2 Å². The summed E-state index contributed by atoms with van der Waals surface area (Å²) in [6.07, 6.45) is 1.90. The molecule has 4 heteroatoms. The second-order valence-electron chi connectivity index (χ2n) is 8.66. The van der Waals surface area contributed by atoms with E-state index < -0.39 is 11.8 Å². The Kier molecular flexibility index (Phi) is 3.71. The van der Waals surface area contributed by atoms with Gasteiger partial charge in [-0.1, -0.05) is 13.0 Å². The topological polar surface area (TPSA) is 40.5 Å². The molecule has 2 fully saturated rings. The van der Waals surface area contributed by atoms with Crippen LogP contribution in [0.25, 0.3) is 0 Å². The Morgan fingerprint density at radius 3 is 2.79 bits per heavy atom. The number of aliphatic hydroxyl groups is 1. The van der Waals surface area contributed by atoms with Crippen molar-refractivity contribution >= 4 is 11.6 Å². The number of phenolic OH excluding ortho intramolecular Hbond substituents is 1. The van der Waals surface area contributed by atoms with E-state index in [1.54, 1.807) is 12.1 Å². The van der Waals surface area contributed by atoms with E-state index in [1.165, 1.54) is 0 Å². The smallest absolute Gasteiger partial charge is 0.115 e. The van der Waals surface area contributed by atoms with Crippen molar-refractivity contribution in [2.45, 2.75) is 57.2 Å². The minimum Gasteiger partial charge on any atom is -0.508 e. The van der Waals surface area contributed by atoms with Crippen LogP contribution in [0.1, 0.15) is 50.2 Å². The van der Waals surface area contributed by atoms with Crippen molar-refractivity contribution < 1.29 is 14.6 Å². The van der Waals surface area contributed by atoms with E-state index in [1.807, 2.05) is 13.0 Å². The van der Waals surface area contributed by atoms with Gasteiger partial charge in [0.25, 0.3) is 0 Å². The zero-order valence-electron chi connectivity index (χ0n) is 14.3. The van der Waals surface area contributed by atoms with Crippen molar-refractivity contribution in [3.8, 4) is 5.75 Å². The van der Waals surface area contributed by atoms with Gasteiger partial charge in [-0.25, -0.2) is 4.39 Å². The summed E-state index contributed by atoms with van der Waals surface area (Å²) in [4.78, 5) is 0. The number of halogens is 2. The predicted molar refractivity (Wildman–Crippen MR) is 93.2 cm³/mol. The molecule has 2 nitrogen and oxygen atoms in total. The molecular formula is C20H26ClFO2. The van der Waals surface area contributed by atoms with Gasteiger partial charge in [0, 0.05) is 17.2 Å². The molecule has 0 aromatic heterocycles. The van der Waals surface area contributed by atoms with Crippen LogP contribution in [0.15, 0.2) is 18.2 Å². The molecule has 0 radical (unpaired) electrons. The predicted octanol–water partition coefficient (Wildman–Crippen LogP) is 4.41. The van der Waals surface area contributed by atoms with Crippen LogP contribution in [0.2, 0.25) is 0 Å². The van der Waals surface area contributed by atoms with Gasteiger partial charge in [0.2, 0.25) is 0 Å². The fraction of sp³-hybridized carbons (Fsp3) is 0.700. The van der Waals surface area contributed by atoms with Crippen LogP contribution in [0.4, 0.5) is 4.39 Å². The summed E-state index contributed by atoms with van der Waals surface area (Å²) in [6.45, 7) is 3.95. The molecule has 0 saturated heterocycles. The standard InChI is InChI=1S/C20H26ClFO2/c1-19-9-16(22)18-14-4-3-13(23)8-11(14)7-12(10-21)17(18)15(19)5-6-20(19,2)24/h3-4,8,12,15-18,23-24H,5-7,9-10H2,1-2H3/t12?,15?,16-,17?,18?,19-,20-/m0/s1. The lowest BCUT2D eigenvalue weighted by molar-refractivity contribution is -0.118. The second kappa shape index (κ2) is 5.35. The summed E-state index contributed by atoms with van der Waals surface area (Å²) < 4.78 is 15.4. The summed E-state index contributed by atoms with van der Waals surface area (Å²) in [5, 5.41) is 20.7. The number of fused-ring (bicyclic) bond motifs is 5. The minimum absolute atomic E-state index is 0.162. The first kappa shape index (κ1) is 16.7. The van der Waals surface area contributed by atoms with Gasteiger partial charge >= 0.3 is 0 Å². The highest BCUT2D eigenvalue weighted by Gasteiger charge is 2.63. The molecule has 0 bridgehead atoms. The first-order chi connectivity index (χ1) is 11.3. The molecule has 1 aromatic carbocycles. The third-order valence-corrected chi connectivity index (χ3v) is 7.99. The van der Waals surface area contributed by atoms with Crippen LogP contribution in [0.3, 0.4) is 0 Å². The maximum atomic E-state index is 15.4. The summed E-state index contributed by atoms with van der Waals surface area (Å²) in [7, 11) is 0. The zero-order chi connectivity index (χ0) is 17.3. The molecule has 0 amide bonds. The SMILES string of the molecule is C[C@]1(O)CCC2C3C(CCl)Cc4cc(O)ccc4C3[C@@H](F)C[C@@]21C. The number of aromatic hydroxyl groups is 1. The van der Waals surface area contributed by atoms with Crippen molar-refractivity contribution in [3.63, 3.8) is 0 Å². The average Bonchev–Trinajstić information content (AvgIpc) is 2.75. The molecule has 0 heterocycles. The van der Waals surface area contributed by atoms with E-state index in [2.05, 4.69) is 6.92 Å². The fourth-order valence-corrected chi connectivity index (χ4v) is 6.46. The van der Waals surface area contributed by atoms with Crippen LogP contribution >= 0.6 is 11.6 Å². The molecule has 3 aliphatic rings. The van der Waals surface area contributed by atoms with Crippen molar-refractivity contribution in [2.75, 3.05) is 5.88 Å². The number of rotatable bonds is 1. The molecule has 7 atom stereocenters. The Hall–Kier alpha value is -0.800. The number of alkyl halides is 2. The van der Waals surface area contributed by atoms with Gasteiger partial charge in [0.1, 0.15) is 11.9 Å². The minimum atomic E-state index is -0.977. The van der Waals surface area contributed by atoms with Gasteiger partial charge in [-0.2, -0.15) is 0 Å². The Morgan fingerprint density at radius 2 is 2.08 bits per heavy atom. The van der Waals surface area contributed by atoms with Gasteiger partial charge in [0.05, 0.1) is 5.60 Å². The van der Waals surface area contributed by atoms with Crippen LogP contribution in [-0.2, 0) is 6.42 Å².